The SMILES string of the molecule is O=C(CCl)CCSc1ccccc1. The Morgan fingerprint density at radius 2 is 2.00 bits per heavy atom. The van der Waals surface area contributed by atoms with Gasteiger partial charge in [0.05, 0.1) is 5.88 Å². The van der Waals surface area contributed by atoms with Crippen molar-refractivity contribution in [2.45, 2.75) is 11.3 Å². The fourth-order valence-electron chi connectivity index (χ4n) is 0.866. The van der Waals surface area contributed by atoms with Crippen LogP contribution < -0.4 is 0 Å². The van der Waals surface area contributed by atoms with Crippen molar-refractivity contribution in [3.8, 4) is 0 Å². The van der Waals surface area contributed by atoms with Crippen molar-refractivity contribution >= 4 is 29.1 Å². The summed E-state index contributed by atoms with van der Waals surface area (Å²) in [6, 6.07) is 10.0. The molecule has 0 aromatic heterocycles. The van der Waals surface area contributed by atoms with E-state index in [1.165, 1.54) is 4.90 Å². The van der Waals surface area contributed by atoms with E-state index in [1.54, 1.807) is 11.8 Å². The number of carbonyl (C=O) groups excluding carboxylic acids is 1. The number of Topliss-reactive ketones (excluding diaryl/α,β-unsaturated/α-hetero) is 1. The van der Waals surface area contributed by atoms with Crippen LogP contribution in [0.4, 0.5) is 0 Å². The van der Waals surface area contributed by atoms with Gasteiger partial charge in [0, 0.05) is 17.1 Å². The minimum Gasteiger partial charge on any atom is -0.298 e. The summed E-state index contributed by atoms with van der Waals surface area (Å²) < 4.78 is 0. The summed E-state index contributed by atoms with van der Waals surface area (Å²) in [5, 5.41) is 0. The number of hydrogen-bond acceptors (Lipinski definition) is 2. The third kappa shape index (κ3) is 4.34. The molecule has 0 N–H and O–H groups in total. The van der Waals surface area contributed by atoms with Crippen molar-refractivity contribution in [2.75, 3.05) is 11.6 Å². The standard InChI is InChI=1S/C10H11ClOS/c11-8-9(12)6-7-13-10-4-2-1-3-5-10/h1-5H,6-8H2. The molecule has 0 saturated heterocycles. The van der Waals surface area contributed by atoms with E-state index < -0.39 is 0 Å². The van der Waals surface area contributed by atoms with Crippen molar-refractivity contribution in [3.05, 3.63) is 30.3 Å². The monoisotopic (exact) mass is 214 g/mol. The summed E-state index contributed by atoms with van der Waals surface area (Å²) in [4.78, 5) is 12.1. The van der Waals surface area contributed by atoms with Crippen LogP contribution in [0, 0.1) is 0 Å². The molecule has 3 heteroatoms. The van der Waals surface area contributed by atoms with E-state index in [9.17, 15) is 4.79 Å². The van der Waals surface area contributed by atoms with Gasteiger partial charge in [-0.1, -0.05) is 18.2 Å². The fourth-order valence-corrected chi connectivity index (χ4v) is 1.91. The van der Waals surface area contributed by atoms with Crippen molar-refractivity contribution in [1.82, 2.24) is 0 Å². The molecular weight excluding hydrogens is 204 g/mol. The maximum absolute atomic E-state index is 10.9. The molecule has 1 aromatic carbocycles. The average molecular weight is 215 g/mol. The molecule has 0 heterocycles. The Hall–Kier alpha value is -0.470. The molecule has 1 rings (SSSR count). The normalized spacial score (nSPS) is 9.92. The second-order valence-electron chi connectivity index (χ2n) is 2.58. The maximum atomic E-state index is 10.9. The predicted octanol–water partition coefficient (Wildman–Crippen LogP) is 2.98. The zero-order valence-corrected chi connectivity index (χ0v) is 8.77. The van der Waals surface area contributed by atoms with Gasteiger partial charge in [0.25, 0.3) is 0 Å². The molecule has 0 radical (unpaired) electrons. The van der Waals surface area contributed by atoms with Crippen LogP contribution in [-0.2, 0) is 4.79 Å². The topological polar surface area (TPSA) is 17.1 Å². The van der Waals surface area contributed by atoms with Crippen molar-refractivity contribution in [2.24, 2.45) is 0 Å². The maximum Gasteiger partial charge on any atom is 0.148 e. The summed E-state index contributed by atoms with van der Waals surface area (Å²) in [6.45, 7) is 0. The van der Waals surface area contributed by atoms with E-state index >= 15 is 0 Å². The van der Waals surface area contributed by atoms with Gasteiger partial charge in [0.15, 0.2) is 0 Å². The Balaban J connectivity index is 2.24. The van der Waals surface area contributed by atoms with Gasteiger partial charge in [-0.15, -0.1) is 23.4 Å². The van der Waals surface area contributed by atoms with Crippen LogP contribution in [0.25, 0.3) is 0 Å². The smallest absolute Gasteiger partial charge is 0.148 e. The number of rotatable bonds is 5. The molecule has 0 amide bonds. The van der Waals surface area contributed by atoms with Crippen LogP contribution in [-0.4, -0.2) is 17.4 Å². The minimum atomic E-state index is 0.116. The van der Waals surface area contributed by atoms with E-state index in [0.29, 0.717) is 6.42 Å². The van der Waals surface area contributed by atoms with E-state index in [1.807, 2.05) is 30.3 Å². The third-order valence-electron chi connectivity index (χ3n) is 1.54. The Morgan fingerprint density at radius 1 is 1.31 bits per heavy atom. The van der Waals surface area contributed by atoms with Crippen LogP contribution in [0.5, 0.6) is 0 Å². The first-order valence-electron chi connectivity index (χ1n) is 4.08. The highest BCUT2D eigenvalue weighted by Crippen LogP contribution is 2.17. The third-order valence-corrected chi connectivity index (χ3v) is 2.85. The highest BCUT2D eigenvalue weighted by molar-refractivity contribution is 7.99. The lowest BCUT2D eigenvalue weighted by molar-refractivity contribution is -0.116. The van der Waals surface area contributed by atoms with E-state index in [-0.39, 0.29) is 11.7 Å². The molecule has 1 aromatic rings. The van der Waals surface area contributed by atoms with Crippen LogP contribution >= 0.6 is 23.4 Å². The van der Waals surface area contributed by atoms with E-state index in [4.69, 9.17) is 11.6 Å². The summed E-state index contributed by atoms with van der Waals surface area (Å²) in [6.07, 6.45) is 0.559. The van der Waals surface area contributed by atoms with Gasteiger partial charge >= 0.3 is 0 Å². The number of ketones is 1. The Morgan fingerprint density at radius 3 is 2.62 bits per heavy atom. The molecule has 0 spiro atoms. The average Bonchev–Trinajstić information content (AvgIpc) is 2.19. The molecule has 0 atom stereocenters. The number of thioether (sulfide) groups is 1. The van der Waals surface area contributed by atoms with Gasteiger partial charge in [-0.05, 0) is 12.1 Å². The largest absolute Gasteiger partial charge is 0.298 e. The molecule has 0 saturated carbocycles. The zero-order valence-electron chi connectivity index (χ0n) is 7.20. The predicted molar refractivity (Wildman–Crippen MR) is 57.5 cm³/mol. The molecule has 13 heavy (non-hydrogen) atoms. The van der Waals surface area contributed by atoms with E-state index in [2.05, 4.69) is 0 Å². The van der Waals surface area contributed by atoms with Gasteiger partial charge in [0.2, 0.25) is 0 Å². The molecule has 0 bridgehead atoms. The second-order valence-corrected chi connectivity index (χ2v) is 4.02. The Kier molecular flexibility index (Phi) is 4.94. The summed E-state index contributed by atoms with van der Waals surface area (Å²) in [7, 11) is 0. The van der Waals surface area contributed by atoms with Crippen molar-refractivity contribution < 1.29 is 4.79 Å². The molecular formula is C10H11ClOS. The molecule has 1 nitrogen and oxygen atoms in total. The van der Waals surface area contributed by atoms with Gasteiger partial charge in [-0.3, -0.25) is 4.79 Å². The molecule has 0 unspecified atom stereocenters. The molecule has 0 aliphatic heterocycles. The van der Waals surface area contributed by atoms with Crippen LogP contribution in [0.2, 0.25) is 0 Å². The number of carbonyl (C=O) groups is 1. The summed E-state index contributed by atoms with van der Waals surface area (Å²) >= 11 is 7.06. The Labute approximate surface area is 87.5 Å². The van der Waals surface area contributed by atoms with Crippen LogP contribution in [0.1, 0.15) is 6.42 Å². The highest BCUT2D eigenvalue weighted by Gasteiger charge is 1.99. The Bertz CT molecular complexity index is 261. The second kappa shape index (κ2) is 6.06. The summed E-state index contributed by atoms with van der Waals surface area (Å²) in [5.41, 5.74) is 0. The first-order valence-corrected chi connectivity index (χ1v) is 5.60. The lowest BCUT2D eigenvalue weighted by atomic mass is 10.3. The molecule has 0 aliphatic carbocycles. The van der Waals surface area contributed by atoms with Crippen LogP contribution in [0.3, 0.4) is 0 Å². The first kappa shape index (κ1) is 10.6. The van der Waals surface area contributed by atoms with Crippen molar-refractivity contribution in [3.63, 3.8) is 0 Å². The lowest BCUT2D eigenvalue weighted by Crippen LogP contribution is -1.99. The van der Waals surface area contributed by atoms with Crippen LogP contribution in [0.15, 0.2) is 35.2 Å². The minimum absolute atomic E-state index is 0.116. The van der Waals surface area contributed by atoms with Gasteiger partial charge in [-0.2, -0.15) is 0 Å². The number of benzene rings is 1. The molecule has 70 valence electrons. The number of hydrogen-bond donors (Lipinski definition) is 0. The lowest BCUT2D eigenvalue weighted by Gasteiger charge is -1.98. The zero-order chi connectivity index (χ0) is 9.52. The fraction of sp³-hybridized carbons (Fsp3) is 0.300. The van der Waals surface area contributed by atoms with Gasteiger partial charge in [0.1, 0.15) is 5.78 Å². The molecule has 0 fully saturated rings. The number of halogens is 1. The first-order chi connectivity index (χ1) is 6.33. The van der Waals surface area contributed by atoms with Gasteiger partial charge in [-0.25, -0.2) is 0 Å². The molecule has 0 aliphatic rings. The highest BCUT2D eigenvalue weighted by atomic mass is 35.5. The number of alkyl halides is 1. The van der Waals surface area contributed by atoms with E-state index in [0.717, 1.165) is 5.75 Å². The summed E-state index contributed by atoms with van der Waals surface area (Å²) in [5.74, 6) is 1.07. The van der Waals surface area contributed by atoms with Gasteiger partial charge < -0.3 is 0 Å². The van der Waals surface area contributed by atoms with Crippen molar-refractivity contribution in [1.29, 1.82) is 0 Å². The quantitative estimate of drug-likeness (QED) is 0.554.